The second-order valence-electron chi connectivity index (χ2n) is 6.24. The average Bonchev–Trinajstić information content (AvgIpc) is 2.72. The Balaban J connectivity index is 1.70. The molecular formula is C18H27N3OS. The first-order valence-electron chi connectivity index (χ1n) is 8.46. The van der Waals surface area contributed by atoms with Crippen molar-refractivity contribution in [3.8, 4) is 0 Å². The van der Waals surface area contributed by atoms with Gasteiger partial charge >= 0.3 is 0 Å². The Morgan fingerprint density at radius 3 is 2.91 bits per heavy atom. The Morgan fingerprint density at radius 1 is 1.26 bits per heavy atom. The Bertz CT molecular complexity index is 559. The zero-order valence-corrected chi connectivity index (χ0v) is 15.0. The van der Waals surface area contributed by atoms with E-state index in [9.17, 15) is 4.79 Å². The summed E-state index contributed by atoms with van der Waals surface area (Å²) in [6, 6.07) is 6.28. The Morgan fingerprint density at radius 2 is 2.09 bits per heavy atom. The molecule has 1 amide bonds. The van der Waals surface area contributed by atoms with Gasteiger partial charge in [0.15, 0.2) is 5.11 Å². The highest BCUT2D eigenvalue weighted by Gasteiger charge is 2.15. The number of hydrogen-bond donors (Lipinski definition) is 2. The number of carbonyl (C=O) groups is 1. The fourth-order valence-corrected chi connectivity index (χ4v) is 3.00. The molecule has 0 atom stereocenters. The van der Waals surface area contributed by atoms with Gasteiger partial charge < -0.3 is 15.5 Å². The molecule has 2 rings (SSSR count). The highest BCUT2D eigenvalue weighted by Crippen LogP contribution is 2.16. The molecule has 1 aliphatic rings. The van der Waals surface area contributed by atoms with Crippen molar-refractivity contribution in [2.45, 2.75) is 46.0 Å². The van der Waals surface area contributed by atoms with E-state index in [1.807, 2.05) is 4.90 Å². The zero-order chi connectivity index (χ0) is 16.7. The van der Waals surface area contributed by atoms with Crippen LogP contribution in [0.3, 0.4) is 0 Å². The minimum Gasteiger partial charge on any atom is -0.362 e. The summed E-state index contributed by atoms with van der Waals surface area (Å²) in [5.74, 6) is 0.304. The minimum atomic E-state index is 0.304. The standard InChI is InChI=1S/C18H27N3OS/c1-14-8-9-15(2)16(13-14)20-18(23)19-10-6-12-21-11-5-3-4-7-17(21)22/h8-9,13H,3-7,10-12H2,1-2H3,(H2,19,20,23). The first kappa shape index (κ1) is 17.7. The van der Waals surface area contributed by atoms with Gasteiger partial charge in [-0.1, -0.05) is 18.6 Å². The molecule has 0 saturated carbocycles. The predicted molar refractivity (Wildman–Crippen MR) is 99.8 cm³/mol. The molecule has 4 nitrogen and oxygen atoms in total. The highest BCUT2D eigenvalue weighted by molar-refractivity contribution is 7.80. The summed E-state index contributed by atoms with van der Waals surface area (Å²) < 4.78 is 0. The summed E-state index contributed by atoms with van der Waals surface area (Å²) in [4.78, 5) is 13.9. The van der Waals surface area contributed by atoms with Crippen molar-refractivity contribution in [2.24, 2.45) is 0 Å². The smallest absolute Gasteiger partial charge is 0.222 e. The summed E-state index contributed by atoms with van der Waals surface area (Å²) in [6.45, 7) is 6.64. The third-order valence-corrected chi connectivity index (χ3v) is 4.45. The molecule has 23 heavy (non-hydrogen) atoms. The van der Waals surface area contributed by atoms with Gasteiger partial charge in [-0.05, 0) is 62.5 Å². The molecule has 2 N–H and O–H groups in total. The van der Waals surface area contributed by atoms with Gasteiger partial charge in [0.1, 0.15) is 0 Å². The fraction of sp³-hybridized carbons (Fsp3) is 0.556. The summed E-state index contributed by atoms with van der Waals surface area (Å²) in [6.07, 6.45) is 4.97. The van der Waals surface area contributed by atoms with Gasteiger partial charge in [0.05, 0.1) is 0 Å². The number of nitrogens with zero attached hydrogens (tertiary/aromatic N) is 1. The van der Waals surface area contributed by atoms with E-state index < -0.39 is 0 Å². The quantitative estimate of drug-likeness (QED) is 0.640. The van der Waals surface area contributed by atoms with Gasteiger partial charge in [-0.2, -0.15) is 0 Å². The Kier molecular flexibility index (Phi) is 6.84. The summed E-state index contributed by atoms with van der Waals surface area (Å²) in [7, 11) is 0. The lowest BCUT2D eigenvalue weighted by Gasteiger charge is -2.20. The van der Waals surface area contributed by atoms with Crippen molar-refractivity contribution in [1.82, 2.24) is 10.2 Å². The van der Waals surface area contributed by atoms with Crippen LogP contribution in [0.4, 0.5) is 5.69 Å². The van der Waals surface area contributed by atoms with Gasteiger partial charge in [0.2, 0.25) is 5.91 Å². The molecule has 1 aliphatic heterocycles. The van der Waals surface area contributed by atoms with Crippen molar-refractivity contribution in [1.29, 1.82) is 0 Å². The normalized spacial score (nSPS) is 15.2. The second kappa shape index (κ2) is 8.87. The number of nitrogens with one attached hydrogen (secondary N) is 2. The van der Waals surface area contributed by atoms with Crippen LogP contribution in [0.5, 0.6) is 0 Å². The van der Waals surface area contributed by atoms with Crippen molar-refractivity contribution in [3.05, 3.63) is 29.3 Å². The molecule has 0 unspecified atom stereocenters. The molecule has 5 heteroatoms. The van der Waals surface area contributed by atoms with E-state index in [4.69, 9.17) is 12.2 Å². The molecule has 0 bridgehead atoms. The summed E-state index contributed by atoms with van der Waals surface area (Å²) in [5.41, 5.74) is 3.43. The number of amides is 1. The molecule has 0 aliphatic carbocycles. The van der Waals surface area contributed by atoms with Gasteiger partial charge in [-0.3, -0.25) is 4.79 Å². The molecule has 1 fully saturated rings. The van der Waals surface area contributed by atoms with Crippen LogP contribution in [-0.2, 0) is 4.79 Å². The topological polar surface area (TPSA) is 44.4 Å². The maximum Gasteiger partial charge on any atom is 0.222 e. The van der Waals surface area contributed by atoms with E-state index in [2.05, 4.69) is 42.7 Å². The monoisotopic (exact) mass is 333 g/mol. The maximum absolute atomic E-state index is 11.9. The van der Waals surface area contributed by atoms with Crippen molar-refractivity contribution in [3.63, 3.8) is 0 Å². The largest absolute Gasteiger partial charge is 0.362 e. The minimum absolute atomic E-state index is 0.304. The predicted octanol–water partition coefficient (Wildman–Crippen LogP) is 3.38. The number of thiocarbonyl (C=S) groups is 1. The molecule has 126 valence electrons. The third-order valence-electron chi connectivity index (χ3n) is 4.20. The second-order valence-corrected chi connectivity index (χ2v) is 6.65. The lowest BCUT2D eigenvalue weighted by atomic mass is 10.1. The lowest BCUT2D eigenvalue weighted by molar-refractivity contribution is -0.130. The summed E-state index contributed by atoms with van der Waals surface area (Å²) in [5, 5.41) is 7.12. The first-order chi connectivity index (χ1) is 11.1. The van der Waals surface area contributed by atoms with Crippen LogP contribution in [0.25, 0.3) is 0 Å². The van der Waals surface area contributed by atoms with E-state index in [0.29, 0.717) is 17.4 Å². The molecule has 0 aromatic heterocycles. The number of aryl methyl sites for hydroxylation is 2. The van der Waals surface area contributed by atoms with Crippen molar-refractivity contribution in [2.75, 3.05) is 25.0 Å². The van der Waals surface area contributed by atoms with Crippen molar-refractivity contribution < 1.29 is 4.79 Å². The molecule has 0 radical (unpaired) electrons. The van der Waals surface area contributed by atoms with E-state index in [0.717, 1.165) is 44.6 Å². The summed E-state index contributed by atoms with van der Waals surface area (Å²) >= 11 is 5.35. The molecule has 1 aromatic carbocycles. The third kappa shape index (κ3) is 5.82. The van der Waals surface area contributed by atoms with Crippen LogP contribution in [0, 0.1) is 13.8 Å². The van der Waals surface area contributed by atoms with Gasteiger partial charge in [0.25, 0.3) is 0 Å². The molecule has 0 spiro atoms. The number of likely N-dealkylation sites (tertiary alicyclic amines) is 1. The molecular weight excluding hydrogens is 306 g/mol. The first-order valence-corrected chi connectivity index (χ1v) is 8.87. The van der Waals surface area contributed by atoms with E-state index in [-0.39, 0.29) is 0 Å². The van der Waals surface area contributed by atoms with Gasteiger partial charge in [0, 0.05) is 31.7 Å². The van der Waals surface area contributed by atoms with E-state index >= 15 is 0 Å². The van der Waals surface area contributed by atoms with E-state index in [1.165, 1.54) is 17.5 Å². The number of anilines is 1. The van der Waals surface area contributed by atoms with Gasteiger partial charge in [-0.25, -0.2) is 0 Å². The van der Waals surface area contributed by atoms with Crippen LogP contribution in [0.15, 0.2) is 18.2 Å². The lowest BCUT2D eigenvalue weighted by Crippen LogP contribution is -2.35. The number of carbonyl (C=O) groups excluding carboxylic acids is 1. The number of benzene rings is 1. The Hall–Kier alpha value is -1.62. The van der Waals surface area contributed by atoms with Crippen LogP contribution >= 0.6 is 12.2 Å². The maximum atomic E-state index is 11.9. The van der Waals surface area contributed by atoms with Crippen LogP contribution in [-0.4, -0.2) is 35.6 Å². The fourth-order valence-electron chi connectivity index (χ4n) is 2.78. The van der Waals surface area contributed by atoms with Crippen molar-refractivity contribution >= 4 is 28.9 Å². The van der Waals surface area contributed by atoms with E-state index in [1.54, 1.807) is 0 Å². The Labute approximate surface area is 144 Å². The van der Waals surface area contributed by atoms with Crippen LogP contribution < -0.4 is 10.6 Å². The molecule has 1 aromatic rings. The van der Waals surface area contributed by atoms with Crippen LogP contribution in [0.2, 0.25) is 0 Å². The molecule has 1 saturated heterocycles. The number of rotatable bonds is 5. The molecule has 1 heterocycles. The highest BCUT2D eigenvalue weighted by atomic mass is 32.1. The number of hydrogen-bond acceptors (Lipinski definition) is 2. The SMILES string of the molecule is Cc1ccc(C)c(NC(=S)NCCCN2CCCCCC2=O)c1. The van der Waals surface area contributed by atoms with Crippen LogP contribution in [0.1, 0.15) is 43.2 Å². The zero-order valence-electron chi connectivity index (χ0n) is 14.2. The van der Waals surface area contributed by atoms with Gasteiger partial charge in [-0.15, -0.1) is 0 Å². The average molecular weight is 334 g/mol.